The van der Waals surface area contributed by atoms with E-state index < -0.39 is 10.1 Å². The lowest BCUT2D eigenvalue weighted by Gasteiger charge is -2.17. The molecule has 0 saturated heterocycles. The van der Waals surface area contributed by atoms with E-state index in [2.05, 4.69) is 16.1 Å². The number of hydrogen-bond acceptors (Lipinski definition) is 7. The molecule has 0 spiro atoms. The third kappa shape index (κ3) is 5.38. The van der Waals surface area contributed by atoms with E-state index in [0.29, 0.717) is 25.2 Å². The summed E-state index contributed by atoms with van der Waals surface area (Å²) < 4.78 is 30.2. The van der Waals surface area contributed by atoms with Gasteiger partial charge in [0.15, 0.2) is 5.82 Å². The van der Waals surface area contributed by atoms with Crippen LogP contribution in [0.25, 0.3) is 0 Å². The Morgan fingerprint density at radius 3 is 2.67 bits per heavy atom. The maximum Gasteiger partial charge on any atom is 0.264 e. The number of nitrogens with zero attached hydrogens (tertiary/aromatic N) is 5. The van der Waals surface area contributed by atoms with Crippen LogP contribution in [0.1, 0.15) is 12.8 Å². The summed E-state index contributed by atoms with van der Waals surface area (Å²) in [5.74, 6) is 3.39. The Morgan fingerprint density at radius 1 is 1.29 bits per heavy atom. The zero-order valence-electron chi connectivity index (χ0n) is 13.7. The average Bonchev–Trinajstić information content (AvgIpc) is 2.89. The summed E-state index contributed by atoms with van der Waals surface area (Å²) in [7, 11) is -0.247. The molecule has 2 rings (SSSR count). The number of rotatable bonds is 7. The van der Waals surface area contributed by atoms with Gasteiger partial charge in [0.25, 0.3) is 10.1 Å². The van der Waals surface area contributed by atoms with Crippen LogP contribution in [0, 0.1) is 0 Å². The number of benzene rings is 1. The second kappa shape index (κ2) is 7.96. The Balaban J connectivity index is 1.99. The van der Waals surface area contributed by atoms with Crippen molar-refractivity contribution in [1.29, 1.82) is 0 Å². The molecule has 1 aromatic carbocycles. The fourth-order valence-corrected chi connectivity index (χ4v) is 2.67. The van der Waals surface area contributed by atoms with Gasteiger partial charge in [-0.05, 0) is 25.0 Å². The van der Waals surface area contributed by atoms with E-state index in [1.165, 1.54) is 0 Å². The molecule has 0 radical (unpaired) electrons. The number of anilines is 1. The monoisotopic (exact) mass is 351 g/mol. The van der Waals surface area contributed by atoms with Crippen LogP contribution in [-0.4, -0.2) is 61.5 Å². The molecule has 130 valence electrons. The molecule has 0 amide bonds. The third-order valence-corrected chi connectivity index (χ3v) is 4.20. The van der Waals surface area contributed by atoms with Crippen molar-refractivity contribution >= 4 is 28.0 Å². The number of hydrogen-bond donors (Lipinski definition) is 1. The molecule has 1 aromatic rings. The highest BCUT2D eigenvalue weighted by atomic mass is 32.2. The maximum absolute atomic E-state index is 10.7. The average molecular weight is 351 g/mol. The summed E-state index contributed by atoms with van der Waals surface area (Å²) in [6, 6.07) is 9.68. The van der Waals surface area contributed by atoms with Crippen molar-refractivity contribution in [3.05, 3.63) is 36.2 Å². The molecule has 1 aliphatic rings. The fraction of sp³-hybridized carbons (Fsp3) is 0.400. The van der Waals surface area contributed by atoms with E-state index in [0.717, 1.165) is 5.69 Å². The van der Waals surface area contributed by atoms with E-state index in [9.17, 15) is 8.42 Å². The molecule has 9 heteroatoms. The molecule has 8 nitrogen and oxygen atoms in total. The SMILES string of the molecule is CN1C=NN(CCCCS(=O)(=O)O)C1=C=NN(C)c1ccccc1. The molecule has 1 heterocycles. The van der Waals surface area contributed by atoms with E-state index in [-0.39, 0.29) is 5.75 Å². The summed E-state index contributed by atoms with van der Waals surface area (Å²) in [6.07, 6.45) is 2.58. The predicted octanol–water partition coefficient (Wildman–Crippen LogP) is 1.41. The predicted molar refractivity (Wildman–Crippen MR) is 94.4 cm³/mol. The van der Waals surface area contributed by atoms with Gasteiger partial charge in [-0.15, -0.1) is 5.10 Å². The van der Waals surface area contributed by atoms with Gasteiger partial charge in [0.2, 0.25) is 0 Å². The van der Waals surface area contributed by atoms with Crippen molar-refractivity contribution in [2.45, 2.75) is 12.8 Å². The Kier molecular flexibility index (Phi) is 5.97. The lowest BCUT2D eigenvalue weighted by atomic mass is 10.3. The van der Waals surface area contributed by atoms with Gasteiger partial charge in [0.05, 0.1) is 17.3 Å². The van der Waals surface area contributed by atoms with E-state index in [1.54, 1.807) is 21.3 Å². The second-order valence-electron chi connectivity index (χ2n) is 5.35. The van der Waals surface area contributed by atoms with Gasteiger partial charge in [-0.25, -0.2) is 5.01 Å². The van der Waals surface area contributed by atoms with Crippen molar-refractivity contribution in [2.75, 3.05) is 31.4 Å². The largest absolute Gasteiger partial charge is 0.311 e. The Hall–Kier alpha value is -2.35. The van der Waals surface area contributed by atoms with Crippen molar-refractivity contribution in [3.63, 3.8) is 0 Å². The molecular formula is C15H21N5O3S. The molecule has 0 fully saturated rings. The van der Waals surface area contributed by atoms with Gasteiger partial charge in [-0.1, -0.05) is 18.2 Å². The van der Waals surface area contributed by atoms with E-state index >= 15 is 0 Å². The van der Waals surface area contributed by atoms with Crippen LogP contribution in [-0.2, 0) is 10.1 Å². The molecule has 1 aliphatic heterocycles. The van der Waals surface area contributed by atoms with E-state index in [4.69, 9.17) is 4.55 Å². The highest BCUT2D eigenvalue weighted by Gasteiger charge is 2.18. The Bertz CT molecular complexity index is 742. The van der Waals surface area contributed by atoms with Gasteiger partial charge in [-0.2, -0.15) is 13.5 Å². The first-order valence-electron chi connectivity index (χ1n) is 7.49. The molecule has 0 atom stereocenters. The minimum absolute atomic E-state index is 0.246. The van der Waals surface area contributed by atoms with Gasteiger partial charge in [0, 0.05) is 20.6 Å². The first kappa shape index (κ1) is 18.0. The molecular weight excluding hydrogens is 330 g/mol. The summed E-state index contributed by atoms with van der Waals surface area (Å²) in [6.45, 7) is 0.517. The second-order valence-corrected chi connectivity index (χ2v) is 6.92. The molecule has 0 saturated carbocycles. The highest BCUT2D eigenvalue weighted by molar-refractivity contribution is 7.85. The fourth-order valence-electron chi connectivity index (χ4n) is 2.10. The smallest absolute Gasteiger partial charge is 0.264 e. The van der Waals surface area contributed by atoms with Crippen LogP contribution in [0.4, 0.5) is 5.69 Å². The van der Waals surface area contributed by atoms with Crippen molar-refractivity contribution in [2.24, 2.45) is 10.2 Å². The van der Waals surface area contributed by atoms with Crippen molar-refractivity contribution in [3.8, 4) is 0 Å². The lowest BCUT2D eigenvalue weighted by molar-refractivity contribution is 0.334. The number of hydrazone groups is 2. The molecule has 24 heavy (non-hydrogen) atoms. The molecule has 1 N–H and O–H groups in total. The van der Waals surface area contributed by atoms with Crippen LogP contribution < -0.4 is 5.01 Å². The van der Waals surface area contributed by atoms with Crippen molar-refractivity contribution in [1.82, 2.24) is 9.91 Å². The summed E-state index contributed by atoms with van der Waals surface area (Å²) in [4.78, 5) is 1.78. The molecule has 0 bridgehead atoms. The summed E-state index contributed by atoms with van der Waals surface area (Å²) >= 11 is 0. The van der Waals surface area contributed by atoms with Crippen molar-refractivity contribution < 1.29 is 13.0 Å². The third-order valence-electron chi connectivity index (χ3n) is 3.39. The molecule has 0 aliphatic carbocycles. The standard InChI is InChI=1S/C15H21N5O3S/c1-18-13-17-20(10-6-7-11-24(21,22)23)15(18)12-16-19(2)14-8-4-3-5-9-14/h3-5,8-9,13H,6-7,10-11H2,1-2H3,(H,21,22,23). The zero-order valence-corrected chi connectivity index (χ0v) is 14.5. The normalized spacial score (nSPS) is 14.0. The van der Waals surface area contributed by atoms with Gasteiger partial charge < -0.3 is 4.90 Å². The number of para-hydroxylation sites is 1. The van der Waals surface area contributed by atoms with Gasteiger partial charge in [-0.3, -0.25) is 9.56 Å². The summed E-state index contributed by atoms with van der Waals surface area (Å²) in [5.41, 5.74) is 0.937. The zero-order chi connectivity index (χ0) is 17.6. The Morgan fingerprint density at radius 2 is 2.00 bits per heavy atom. The number of unbranched alkanes of at least 4 members (excludes halogenated alkanes) is 1. The minimum atomic E-state index is -3.91. The first-order valence-corrected chi connectivity index (χ1v) is 9.10. The maximum atomic E-state index is 10.7. The molecule has 0 aromatic heterocycles. The van der Waals surface area contributed by atoms with Crippen LogP contribution in [0.2, 0.25) is 0 Å². The van der Waals surface area contributed by atoms with Gasteiger partial charge >= 0.3 is 0 Å². The first-order chi connectivity index (χ1) is 11.4. The van der Waals surface area contributed by atoms with Gasteiger partial charge in [0.1, 0.15) is 6.34 Å². The minimum Gasteiger partial charge on any atom is -0.311 e. The van der Waals surface area contributed by atoms with E-state index in [1.807, 2.05) is 44.4 Å². The Labute approximate surface area is 142 Å². The van der Waals surface area contributed by atoms with Crippen LogP contribution in [0.15, 0.2) is 46.4 Å². The molecule has 0 unspecified atom stereocenters. The summed E-state index contributed by atoms with van der Waals surface area (Å²) in [5, 5.41) is 11.9. The quantitative estimate of drug-likeness (QED) is 0.346. The topological polar surface area (TPSA) is 88.8 Å². The lowest BCUT2D eigenvalue weighted by Crippen LogP contribution is -2.23. The van der Waals surface area contributed by atoms with Crippen LogP contribution >= 0.6 is 0 Å². The van der Waals surface area contributed by atoms with Crippen LogP contribution in [0.3, 0.4) is 0 Å². The highest BCUT2D eigenvalue weighted by Crippen LogP contribution is 2.14. The van der Waals surface area contributed by atoms with Crippen LogP contribution in [0.5, 0.6) is 0 Å².